The second-order valence-corrected chi connectivity index (χ2v) is 7.03. The number of carbonyl (C=O) groups excluding carboxylic acids is 1. The largest absolute Gasteiger partial charge is 0.507 e. The molecule has 0 atom stereocenters. The second-order valence-electron chi connectivity index (χ2n) is 6.22. The number of carbonyl (C=O) groups is 1. The molecule has 0 spiro atoms. The number of fused-ring (bicyclic) bond motifs is 3. The molecule has 1 heterocycles. The molecule has 0 bridgehead atoms. The molecule has 4 nitrogen and oxygen atoms in total. The molecule has 1 aromatic heterocycles. The van der Waals surface area contributed by atoms with E-state index in [0.717, 1.165) is 22.2 Å². The van der Waals surface area contributed by atoms with Crippen LogP contribution in [-0.4, -0.2) is 23.2 Å². The highest BCUT2D eigenvalue weighted by molar-refractivity contribution is 6.36. The quantitative estimate of drug-likeness (QED) is 0.433. The average Bonchev–Trinajstić information content (AvgIpc) is 3.06. The minimum atomic E-state index is -0.458. The molecule has 0 saturated heterocycles. The van der Waals surface area contributed by atoms with E-state index in [4.69, 9.17) is 27.9 Å². The monoisotopic (exact) mass is 399 g/mol. The number of aromatic amines is 1. The Morgan fingerprint density at radius 3 is 2.44 bits per heavy atom. The third-order valence-corrected chi connectivity index (χ3v) is 5.39. The molecule has 0 unspecified atom stereocenters. The number of aromatic hydroxyl groups is 1. The fourth-order valence-electron chi connectivity index (χ4n) is 3.41. The van der Waals surface area contributed by atoms with Crippen LogP contribution in [0.3, 0.4) is 0 Å². The van der Waals surface area contributed by atoms with Crippen molar-refractivity contribution in [1.82, 2.24) is 4.98 Å². The number of hydrogen-bond donors (Lipinski definition) is 2. The van der Waals surface area contributed by atoms with E-state index in [2.05, 4.69) is 4.98 Å². The van der Waals surface area contributed by atoms with Gasteiger partial charge in [0.15, 0.2) is 0 Å². The Morgan fingerprint density at radius 2 is 1.74 bits per heavy atom. The normalized spacial score (nSPS) is 11.2. The van der Waals surface area contributed by atoms with Crippen LogP contribution in [0, 0.1) is 0 Å². The van der Waals surface area contributed by atoms with Gasteiger partial charge in [-0.3, -0.25) is 0 Å². The number of rotatable bonds is 3. The first-order chi connectivity index (χ1) is 13.0. The smallest absolute Gasteiger partial charge is 0.338 e. The van der Waals surface area contributed by atoms with Gasteiger partial charge in [-0.25, -0.2) is 4.79 Å². The molecular formula is C21H15Cl2NO3. The predicted octanol–water partition coefficient (Wildman–Crippen LogP) is 5.71. The number of phenolic OH excluding ortho intramolecular Hbond substituents is 1. The number of nitrogens with one attached hydrogen (secondary N) is 1. The van der Waals surface area contributed by atoms with E-state index in [1.54, 1.807) is 36.4 Å². The van der Waals surface area contributed by atoms with Gasteiger partial charge in [0.1, 0.15) is 5.75 Å². The molecule has 0 fully saturated rings. The SMILES string of the molecule is COC(=O)c1cccc2[nH]c3c(Cc4c(Cl)cccc4Cl)ccc(O)c3c12. The summed E-state index contributed by atoms with van der Waals surface area (Å²) in [5, 5.41) is 12.9. The lowest BCUT2D eigenvalue weighted by Gasteiger charge is -2.09. The number of hydrogen-bond acceptors (Lipinski definition) is 3. The van der Waals surface area contributed by atoms with E-state index < -0.39 is 5.97 Å². The number of phenols is 1. The molecule has 4 aromatic rings. The van der Waals surface area contributed by atoms with Crippen molar-refractivity contribution in [3.05, 3.63) is 75.3 Å². The number of esters is 1. The molecule has 6 heteroatoms. The topological polar surface area (TPSA) is 62.3 Å². The Kier molecular flexibility index (Phi) is 4.46. The summed E-state index contributed by atoms with van der Waals surface area (Å²) in [7, 11) is 1.33. The van der Waals surface area contributed by atoms with Crippen molar-refractivity contribution in [3.63, 3.8) is 0 Å². The van der Waals surface area contributed by atoms with Gasteiger partial charge < -0.3 is 14.8 Å². The van der Waals surface area contributed by atoms with Crippen LogP contribution in [0.5, 0.6) is 5.75 Å². The van der Waals surface area contributed by atoms with Crippen LogP contribution in [0.1, 0.15) is 21.5 Å². The number of halogens is 2. The van der Waals surface area contributed by atoms with Crippen LogP contribution >= 0.6 is 23.2 Å². The summed E-state index contributed by atoms with van der Waals surface area (Å²) in [6.07, 6.45) is 0.482. The summed E-state index contributed by atoms with van der Waals surface area (Å²) in [6, 6.07) is 14.1. The highest BCUT2D eigenvalue weighted by Gasteiger charge is 2.19. The maximum Gasteiger partial charge on any atom is 0.338 e. The number of benzene rings is 3. The Morgan fingerprint density at radius 1 is 1.04 bits per heavy atom. The number of methoxy groups -OCH3 is 1. The van der Waals surface area contributed by atoms with Gasteiger partial charge in [-0.1, -0.05) is 41.4 Å². The molecule has 0 aliphatic heterocycles. The van der Waals surface area contributed by atoms with Crippen molar-refractivity contribution in [1.29, 1.82) is 0 Å². The van der Waals surface area contributed by atoms with E-state index in [1.165, 1.54) is 7.11 Å². The van der Waals surface area contributed by atoms with Gasteiger partial charge in [-0.2, -0.15) is 0 Å². The summed E-state index contributed by atoms with van der Waals surface area (Å²) in [5.41, 5.74) is 3.58. The van der Waals surface area contributed by atoms with E-state index >= 15 is 0 Å². The maximum absolute atomic E-state index is 12.2. The van der Waals surface area contributed by atoms with Crippen LogP contribution in [0.25, 0.3) is 21.8 Å². The molecule has 0 radical (unpaired) electrons. The second kappa shape index (κ2) is 6.80. The summed E-state index contributed by atoms with van der Waals surface area (Å²) in [5.74, 6) is -0.373. The van der Waals surface area contributed by atoms with Crippen molar-refractivity contribution in [2.75, 3.05) is 7.11 Å². The molecule has 136 valence electrons. The number of H-pyrrole nitrogens is 1. The highest BCUT2D eigenvalue weighted by atomic mass is 35.5. The van der Waals surface area contributed by atoms with Crippen molar-refractivity contribution in [2.45, 2.75) is 6.42 Å². The first-order valence-electron chi connectivity index (χ1n) is 8.27. The van der Waals surface area contributed by atoms with Crippen molar-refractivity contribution in [2.24, 2.45) is 0 Å². The maximum atomic E-state index is 12.2. The molecule has 3 aromatic carbocycles. The van der Waals surface area contributed by atoms with Gasteiger partial charge in [0, 0.05) is 27.4 Å². The molecule has 0 aliphatic carbocycles. The number of aromatic nitrogens is 1. The molecule has 4 rings (SSSR count). The summed E-state index contributed by atoms with van der Waals surface area (Å²) in [4.78, 5) is 15.5. The lowest BCUT2D eigenvalue weighted by molar-refractivity contribution is 0.0603. The Balaban J connectivity index is 1.99. The fraction of sp³-hybridized carbons (Fsp3) is 0.0952. The highest BCUT2D eigenvalue weighted by Crippen LogP contribution is 2.38. The zero-order valence-electron chi connectivity index (χ0n) is 14.3. The lowest BCUT2D eigenvalue weighted by Crippen LogP contribution is -2.01. The lowest BCUT2D eigenvalue weighted by atomic mass is 9.99. The Labute approximate surface area is 165 Å². The molecular weight excluding hydrogens is 385 g/mol. The van der Waals surface area contributed by atoms with E-state index in [9.17, 15) is 9.90 Å². The van der Waals surface area contributed by atoms with Crippen molar-refractivity contribution >= 4 is 51.0 Å². The molecule has 2 N–H and O–H groups in total. The third kappa shape index (κ3) is 2.91. The Bertz CT molecular complexity index is 1180. The van der Waals surface area contributed by atoms with Gasteiger partial charge in [-0.15, -0.1) is 0 Å². The van der Waals surface area contributed by atoms with Crippen LogP contribution in [0.15, 0.2) is 48.5 Å². The van der Waals surface area contributed by atoms with Gasteiger partial charge in [0.05, 0.1) is 23.6 Å². The summed E-state index contributed by atoms with van der Waals surface area (Å²) < 4.78 is 4.89. The molecule has 0 saturated carbocycles. The van der Waals surface area contributed by atoms with E-state index in [-0.39, 0.29) is 5.75 Å². The molecule has 27 heavy (non-hydrogen) atoms. The first kappa shape index (κ1) is 17.7. The van der Waals surface area contributed by atoms with Crippen LogP contribution in [0.2, 0.25) is 10.0 Å². The average molecular weight is 400 g/mol. The van der Waals surface area contributed by atoms with Gasteiger partial charge >= 0.3 is 5.97 Å². The predicted molar refractivity (Wildman–Crippen MR) is 108 cm³/mol. The van der Waals surface area contributed by atoms with Gasteiger partial charge in [-0.05, 0) is 41.5 Å². The molecule has 0 amide bonds. The molecule has 0 aliphatic rings. The van der Waals surface area contributed by atoms with E-state index in [1.807, 2.05) is 12.1 Å². The Hall–Kier alpha value is -2.69. The minimum Gasteiger partial charge on any atom is -0.507 e. The van der Waals surface area contributed by atoms with E-state index in [0.29, 0.717) is 32.8 Å². The van der Waals surface area contributed by atoms with Gasteiger partial charge in [0.25, 0.3) is 0 Å². The van der Waals surface area contributed by atoms with Crippen LogP contribution < -0.4 is 0 Å². The summed E-state index contributed by atoms with van der Waals surface area (Å²) in [6.45, 7) is 0. The fourth-order valence-corrected chi connectivity index (χ4v) is 3.94. The third-order valence-electron chi connectivity index (χ3n) is 4.68. The number of ether oxygens (including phenoxy) is 1. The zero-order chi connectivity index (χ0) is 19.1. The first-order valence-corrected chi connectivity index (χ1v) is 9.03. The van der Waals surface area contributed by atoms with Crippen LogP contribution in [0.4, 0.5) is 0 Å². The summed E-state index contributed by atoms with van der Waals surface area (Å²) >= 11 is 12.6. The minimum absolute atomic E-state index is 0.0848. The van der Waals surface area contributed by atoms with Crippen molar-refractivity contribution in [3.8, 4) is 5.75 Å². The standard InChI is InChI=1S/C21H15Cl2NO3/c1-27-21(26)12-4-2-7-16-18(12)19-17(25)9-8-11(20(19)24-16)10-13-14(22)5-3-6-15(13)23/h2-9,24-25H,10H2,1H3. The van der Waals surface area contributed by atoms with Crippen LogP contribution in [-0.2, 0) is 11.2 Å². The zero-order valence-corrected chi connectivity index (χ0v) is 15.9. The van der Waals surface area contributed by atoms with Crippen molar-refractivity contribution < 1.29 is 14.6 Å². The van der Waals surface area contributed by atoms with Gasteiger partial charge in [0.2, 0.25) is 0 Å².